The lowest BCUT2D eigenvalue weighted by atomic mass is 9.87. The quantitative estimate of drug-likeness (QED) is 0.423. The molecule has 0 bridgehead atoms. The minimum Gasteiger partial charge on any atom is -0.495 e. The zero-order valence-corrected chi connectivity index (χ0v) is 17.2. The molecule has 1 amide bonds. The average Bonchev–Trinajstić information content (AvgIpc) is 2.65. The Balaban J connectivity index is 2.10. The Bertz CT molecular complexity index is 952. The Kier molecular flexibility index (Phi) is 6.81. The van der Waals surface area contributed by atoms with E-state index in [9.17, 15) is 19.7 Å². The fourth-order valence-electron chi connectivity index (χ4n) is 2.45. The van der Waals surface area contributed by atoms with Crippen molar-refractivity contribution < 1.29 is 24.0 Å². The summed E-state index contributed by atoms with van der Waals surface area (Å²) in [6.07, 6.45) is 0. The van der Waals surface area contributed by atoms with E-state index < -0.39 is 23.4 Å². The largest absolute Gasteiger partial charge is 0.495 e. The van der Waals surface area contributed by atoms with Gasteiger partial charge in [0.2, 0.25) is 0 Å². The first kappa shape index (κ1) is 22.2. The summed E-state index contributed by atoms with van der Waals surface area (Å²) in [5, 5.41) is 13.5. The topological polar surface area (TPSA) is 108 Å². The fraction of sp³-hybridized carbons (Fsp3) is 0.300. The highest BCUT2D eigenvalue weighted by molar-refractivity contribution is 6.33. The van der Waals surface area contributed by atoms with Gasteiger partial charge in [0.1, 0.15) is 5.75 Å². The normalized spacial score (nSPS) is 10.9. The molecular weight excluding hydrogens is 400 g/mol. The van der Waals surface area contributed by atoms with Crippen LogP contribution in [0.1, 0.15) is 36.7 Å². The number of hydrogen-bond acceptors (Lipinski definition) is 6. The Labute approximate surface area is 172 Å². The van der Waals surface area contributed by atoms with Crippen LogP contribution in [0.15, 0.2) is 36.4 Å². The van der Waals surface area contributed by atoms with E-state index in [0.717, 1.165) is 11.6 Å². The van der Waals surface area contributed by atoms with Crippen molar-refractivity contribution >= 4 is 34.9 Å². The third-order valence-corrected chi connectivity index (χ3v) is 4.38. The summed E-state index contributed by atoms with van der Waals surface area (Å²) in [5.41, 5.74) is 0.774. The van der Waals surface area contributed by atoms with E-state index in [1.54, 1.807) is 12.1 Å². The minimum atomic E-state index is -0.941. The number of carbonyl (C=O) groups excluding carboxylic acids is 2. The molecule has 8 nitrogen and oxygen atoms in total. The van der Waals surface area contributed by atoms with E-state index in [0.29, 0.717) is 11.4 Å². The molecule has 0 spiro atoms. The van der Waals surface area contributed by atoms with Crippen molar-refractivity contribution in [2.24, 2.45) is 0 Å². The smallest absolute Gasteiger partial charge is 0.340 e. The zero-order chi connectivity index (χ0) is 21.8. The monoisotopic (exact) mass is 420 g/mol. The van der Waals surface area contributed by atoms with Crippen LogP contribution in [0, 0.1) is 10.1 Å². The Morgan fingerprint density at radius 3 is 2.45 bits per heavy atom. The van der Waals surface area contributed by atoms with Crippen LogP contribution in [-0.2, 0) is 14.9 Å². The molecule has 1 N–H and O–H groups in total. The summed E-state index contributed by atoms with van der Waals surface area (Å²) < 4.78 is 10.2. The average molecular weight is 421 g/mol. The lowest BCUT2D eigenvalue weighted by molar-refractivity contribution is -0.384. The van der Waals surface area contributed by atoms with Gasteiger partial charge in [-0.05, 0) is 29.2 Å². The van der Waals surface area contributed by atoms with Gasteiger partial charge in [0.25, 0.3) is 11.6 Å². The Hall–Kier alpha value is -3.13. The number of rotatable bonds is 6. The van der Waals surface area contributed by atoms with E-state index in [1.165, 1.54) is 19.2 Å². The van der Waals surface area contributed by atoms with Crippen LogP contribution in [0.25, 0.3) is 0 Å². The number of nitrogens with zero attached hydrogens (tertiary/aromatic N) is 1. The number of nitrogens with one attached hydrogen (secondary N) is 1. The molecular formula is C20H21ClN2O6. The van der Waals surface area contributed by atoms with Gasteiger partial charge in [-0.2, -0.15) is 0 Å². The lowest BCUT2D eigenvalue weighted by Gasteiger charge is -2.21. The van der Waals surface area contributed by atoms with Gasteiger partial charge >= 0.3 is 5.97 Å². The highest BCUT2D eigenvalue weighted by Crippen LogP contribution is 2.31. The van der Waals surface area contributed by atoms with Crippen molar-refractivity contribution in [2.45, 2.75) is 26.2 Å². The molecule has 29 heavy (non-hydrogen) atoms. The summed E-state index contributed by atoms with van der Waals surface area (Å²) in [6, 6.07) is 8.82. The van der Waals surface area contributed by atoms with Gasteiger partial charge in [-0.1, -0.05) is 38.4 Å². The number of hydrogen-bond donors (Lipinski definition) is 1. The first-order valence-electron chi connectivity index (χ1n) is 8.62. The van der Waals surface area contributed by atoms with Crippen LogP contribution in [0.2, 0.25) is 5.02 Å². The Morgan fingerprint density at radius 1 is 1.17 bits per heavy atom. The van der Waals surface area contributed by atoms with E-state index >= 15 is 0 Å². The number of benzene rings is 2. The van der Waals surface area contributed by atoms with Gasteiger partial charge in [0.15, 0.2) is 6.61 Å². The molecule has 0 radical (unpaired) electrons. The van der Waals surface area contributed by atoms with Crippen LogP contribution < -0.4 is 10.1 Å². The first-order valence-corrected chi connectivity index (χ1v) is 9.00. The summed E-state index contributed by atoms with van der Waals surface area (Å²) in [6.45, 7) is 5.50. The molecule has 0 aromatic heterocycles. The number of nitro benzene ring substituents is 1. The molecule has 2 aromatic rings. The number of methoxy groups -OCH3 is 1. The minimum absolute atomic E-state index is 0.0134. The zero-order valence-electron chi connectivity index (χ0n) is 16.4. The predicted octanol–water partition coefficient (Wildman–Crippen LogP) is 4.35. The number of amides is 1. The Morgan fingerprint density at radius 2 is 1.86 bits per heavy atom. The van der Waals surface area contributed by atoms with Crippen molar-refractivity contribution in [3.63, 3.8) is 0 Å². The lowest BCUT2D eigenvalue weighted by Crippen LogP contribution is -2.22. The number of nitro groups is 1. The van der Waals surface area contributed by atoms with Crippen molar-refractivity contribution in [2.75, 3.05) is 19.0 Å². The fourth-order valence-corrected chi connectivity index (χ4v) is 2.65. The third kappa shape index (κ3) is 5.68. The third-order valence-electron chi connectivity index (χ3n) is 4.05. The molecule has 0 saturated heterocycles. The van der Waals surface area contributed by atoms with Gasteiger partial charge in [-0.25, -0.2) is 4.79 Å². The highest BCUT2D eigenvalue weighted by atomic mass is 35.5. The molecule has 0 heterocycles. The number of ether oxygens (including phenoxy) is 2. The summed E-state index contributed by atoms with van der Waals surface area (Å²) in [7, 11) is 1.48. The standard InChI is InChI=1S/C20H21ClN2O6/c1-20(2,3)12-5-8-17(28-4)16(9-12)22-18(24)11-29-19(25)14-10-13(23(26)27)6-7-15(14)21/h5-10H,11H2,1-4H3,(H,22,24). The van der Waals surface area contributed by atoms with Gasteiger partial charge in [0.05, 0.1) is 28.3 Å². The molecule has 2 aromatic carbocycles. The SMILES string of the molecule is COc1ccc(C(C)(C)C)cc1NC(=O)COC(=O)c1cc([N+](=O)[O-])ccc1Cl. The summed E-state index contributed by atoms with van der Waals surface area (Å²) in [5.74, 6) is -1.08. The number of halogens is 1. The maximum Gasteiger partial charge on any atom is 0.340 e. The molecule has 0 unspecified atom stereocenters. The van der Waals surface area contributed by atoms with Gasteiger partial charge < -0.3 is 14.8 Å². The highest BCUT2D eigenvalue weighted by Gasteiger charge is 2.20. The molecule has 0 aliphatic carbocycles. The van der Waals surface area contributed by atoms with Crippen LogP contribution in [0.5, 0.6) is 5.75 Å². The number of carbonyl (C=O) groups is 2. The van der Waals surface area contributed by atoms with Gasteiger partial charge in [-0.15, -0.1) is 0 Å². The summed E-state index contributed by atoms with van der Waals surface area (Å²) in [4.78, 5) is 34.6. The van der Waals surface area contributed by atoms with Crippen molar-refractivity contribution in [3.8, 4) is 5.75 Å². The molecule has 2 rings (SSSR count). The number of anilines is 1. The van der Waals surface area contributed by atoms with Crippen LogP contribution >= 0.6 is 11.6 Å². The second-order valence-corrected chi connectivity index (χ2v) is 7.62. The van der Waals surface area contributed by atoms with Crippen LogP contribution in [0.3, 0.4) is 0 Å². The van der Waals surface area contributed by atoms with E-state index in [-0.39, 0.29) is 21.7 Å². The molecule has 0 fully saturated rings. The van der Waals surface area contributed by atoms with Crippen molar-refractivity contribution in [3.05, 3.63) is 62.7 Å². The van der Waals surface area contributed by atoms with Gasteiger partial charge in [0, 0.05) is 12.1 Å². The van der Waals surface area contributed by atoms with E-state index in [1.807, 2.05) is 26.8 Å². The van der Waals surface area contributed by atoms with E-state index in [4.69, 9.17) is 21.1 Å². The maximum atomic E-state index is 12.3. The van der Waals surface area contributed by atoms with Gasteiger partial charge in [-0.3, -0.25) is 14.9 Å². The maximum absolute atomic E-state index is 12.3. The van der Waals surface area contributed by atoms with Crippen LogP contribution in [0.4, 0.5) is 11.4 Å². The molecule has 0 atom stereocenters. The van der Waals surface area contributed by atoms with E-state index in [2.05, 4.69) is 5.32 Å². The molecule has 154 valence electrons. The van der Waals surface area contributed by atoms with Crippen LogP contribution in [-0.4, -0.2) is 30.5 Å². The van der Waals surface area contributed by atoms with Crippen molar-refractivity contribution in [1.82, 2.24) is 0 Å². The molecule has 0 aliphatic rings. The second-order valence-electron chi connectivity index (χ2n) is 7.21. The number of non-ortho nitro benzene ring substituents is 1. The predicted molar refractivity (Wildman–Crippen MR) is 109 cm³/mol. The number of esters is 1. The first-order chi connectivity index (χ1) is 13.5. The molecule has 9 heteroatoms. The van der Waals surface area contributed by atoms with Crippen molar-refractivity contribution in [1.29, 1.82) is 0 Å². The summed E-state index contributed by atoms with van der Waals surface area (Å²) >= 11 is 5.90. The second kappa shape index (κ2) is 8.91. The molecule has 0 saturated carbocycles. The molecule has 0 aliphatic heterocycles.